The van der Waals surface area contributed by atoms with Crippen molar-refractivity contribution in [3.05, 3.63) is 37.0 Å². The lowest BCUT2D eigenvalue weighted by Crippen LogP contribution is -2.38. The number of morpholine rings is 1. The number of ether oxygens (including phenoxy) is 2. The standard InChI is InChI=1S/C14H25NO2.C2H4/c1-4-13(2)5-6-14(3)17-12-9-15-7-10-16-11-8-15;1-2/h4-6,14H,7-12H2,1-3H3;1-2H2/b6-5-,13-4-;. The Morgan fingerprint density at radius 1 is 1.37 bits per heavy atom. The van der Waals surface area contributed by atoms with Crippen molar-refractivity contribution in [2.45, 2.75) is 26.9 Å². The summed E-state index contributed by atoms with van der Waals surface area (Å²) in [4.78, 5) is 2.39. The zero-order chi connectivity index (χ0) is 14.5. The second-order valence-corrected chi connectivity index (χ2v) is 4.42. The summed E-state index contributed by atoms with van der Waals surface area (Å²) >= 11 is 0. The van der Waals surface area contributed by atoms with Crippen LogP contribution in [0.4, 0.5) is 0 Å². The van der Waals surface area contributed by atoms with E-state index in [4.69, 9.17) is 9.47 Å². The van der Waals surface area contributed by atoms with Gasteiger partial charge in [0.25, 0.3) is 0 Å². The Bertz CT molecular complexity index is 268. The van der Waals surface area contributed by atoms with E-state index in [2.05, 4.69) is 50.1 Å². The molecule has 0 radical (unpaired) electrons. The minimum Gasteiger partial charge on any atom is -0.379 e. The molecule has 3 heteroatoms. The summed E-state index contributed by atoms with van der Waals surface area (Å²) in [6.45, 7) is 17.8. The highest BCUT2D eigenvalue weighted by Crippen LogP contribution is 2.01. The van der Waals surface area contributed by atoms with Crippen LogP contribution >= 0.6 is 0 Å². The lowest BCUT2D eigenvalue weighted by atomic mass is 10.2. The summed E-state index contributed by atoms with van der Waals surface area (Å²) in [5.74, 6) is 0. The molecule has 0 aromatic carbocycles. The Morgan fingerprint density at radius 3 is 2.58 bits per heavy atom. The third-order valence-electron chi connectivity index (χ3n) is 2.98. The highest BCUT2D eigenvalue weighted by atomic mass is 16.5. The third-order valence-corrected chi connectivity index (χ3v) is 2.98. The van der Waals surface area contributed by atoms with E-state index in [-0.39, 0.29) is 6.10 Å². The van der Waals surface area contributed by atoms with Gasteiger partial charge in [-0.25, -0.2) is 0 Å². The zero-order valence-electron chi connectivity index (χ0n) is 12.7. The molecule has 0 N–H and O–H groups in total. The minimum atomic E-state index is 0.186. The van der Waals surface area contributed by atoms with Gasteiger partial charge >= 0.3 is 0 Å². The van der Waals surface area contributed by atoms with Gasteiger partial charge in [-0.2, -0.15) is 0 Å². The van der Waals surface area contributed by atoms with Crippen molar-refractivity contribution in [1.82, 2.24) is 4.90 Å². The number of rotatable bonds is 6. The smallest absolute Gasteiger partial charge is 0.0731 e. The molecule has 1 saturated heterocycles. The van der Waals surface area contributed by atoms with Gasteiger partial charge in [0.1, 0.15) is 0 Å². The van der Waals surface area contributed by atoms with Crippen LogP contribution in [-0.2, 0) is 9.47 Å². The summed E-state index contributed by atoms with van der Waals surface area (Å²) in [6, 6.07) is 0. The molecule has 110 valence electrons. The second-order valence-electron chi connectivity index (χ2n) is 4.42. The first-order valence-electron chi connectivity index (χ1n) is 6.95. The zero-order valence-corrected chi connectivity index (χ0v) is 12.7. The second kappa shape index (κ2) is 12.2. The van der Waals surface area contributed by atoms with Crippen LogP contribution in [0.3, 0.4) is 0 Å². The minimum absolute atomic E-state index is 0.186. The van der Waals surface area contributed by atoms with Crippen molar-refractivity contribution >= 4 is 0 Å². The molecule has 0 saturated carbocycles. The van der Waals surface area contributed by atoms with E-state index in [0.29, 0.717) is 0 Å². The van der Waals surface area contributed by atoms with Gasteiger partial charge in [0.15, 0.2) is 0 Å². The van der Waals surface area contributed by atoms with Gasteiger partial charge in [-0.1, -0.05) is 23.8 Å². The molecule has 1 unspecified atom stereocenters. The van der Waals surface area contributed by atoms with Crippen molar-refractivity contribution in [2.75, 3.05) is 39.5 Å². The Balaban J connectivity index is 0.00000154. The molecule has 0 aromatic heterocycles. The predicted octanol–water partition coefficient (Wildman–Crippen LogP) is 3.05. The number of allylic oxidation sites excluding steroid dienone is 3. The SMILES string of the molecule is C/C=C(C)\C=C/C(C)OCCN1CCOCC1.C=C. The first kappa shape index (κ1) is 18.1. The van der Waals surface area contributed by atoms with Gasteiger partial charge in [0.2, 0.25) is 0 Å². The number of nitrogens with zero attached hydrogens (tertiary/aromatic N) is 1. The van der Waals surface area contributed by atoms with E-state index in [1.807, 2.05) is 6.92 Å². The van der Waals surface area contributed by atoms with Gasteiger partial charge < -0.3 is 9.47 Å². The summed E-state index contributed by atoms with van der Waals surface area (Å²) in [6.07, 6.45) is 6.50. The molecule has 1 rings (SSSR count). The molecular formula is C16H29NO2. The lowest BCUT2D eigenvalue weighted by Gasteiger charge is -2.26. The fourth-order valence-electron chi connectivity index (χ4n) is 1.63. The summed E-state index contributed by atoms with van der Waals surface area (Å²) in [5, 5.41) is 0. The Hall–Kier alpha value is -0.900. The fourth-order valence-corrected chi connectivity index (χ4v) is 1.63. The van der Waals surface area contributed by atoms with Crippen LogP contribution in [0.1, 0.15) is 20.8 Å². The maximum absolute atomic E-state index is 5.74. The Kier molecular flexibility index (Phi) is 11.6. The quantitative estimate of drug-likeness (QED) is 0.545. The van der Waals surface area contributed by atoms with Crippen LogP contribution in [-0.4, -0.2) is 50.5 Å². The topological polar surface area (TPSA) is 21.7 Å². The van der Waals surface area contributed by atoms with E-state index in [0.717, 1.165) is 39.5 Å². The molecule has 1 aliphatic heterocycles. The maximum Gasteiger partial charge on any atom is 0.0731 e. The summed E-state index contributed by atoms with van der Waals surface area (Å²) in [7, 11) is 0. The average molecular weight is 267 g/mol. The van der Waals surface area contributed by atoms with E-state index in [1.54, 1.807) is 0 Å². The van der Waals surface area contributed by atoms with Crippen molar-refractivity contribution < 1.29 is 9.47 Å². The monoisotopic (exact) mass is 267 g/mol. The fraction of sp³-hybridized carbons (Fsp3) is 0.625. The van der Waals surface area contributed by atoms with Gasteiger partial charge in [-0.3, -0.25) is 4.90 Å². The van der Waals surface area contributed by atoms with E-state index in [1.165, 1.54) is 5.57 Å². The Morgan fingerprint density at radius 2 is 2.00 bits per heavy atom. The van der Waals surface area contributed by atoms with Crippen LogP contribution in [0.5, 0.6) is 0 Å². The third kappa shape index (κ3) is 9.65. The van der Waals surface area contributed by atoms with E-state index >= 15 is 0 Å². The maximum atomic E-state index is 5.74. The van der Waals surface area contributed by atoms with Crippen LogP contribution in [0.15, 0.2) is 37.0 Å². The summed E-state index contributed by atoms with van der Waals surface area (Å²) in [5.41, 5.74) is 1.27. The van der Waals surface area contributed by atoms with E-state index < -0.39 is 0 Å². The first-order chi connectivity index (χ1) is 9.22. The van der Waals surface area contributed by atoms with Crippen molar-refractivity contribution in [3.8, 4) is 0 Å². The van der Waals surface area contributed by atoms with Crippen LogP contribution in [0, 0.1) is 0 Å². The van der Waals surface area contributed by atoms with Gasteiger partial charge in [0.05, 0.1) is 25.9 Å². The van der Waals surface area contributed by atoms with Crippen LogP contribution < -0.4 is 0 Å². The van der Waals surface area contributed by atoms with Crippen molar-refractivity contribution in [3.63, 3.8) is 0 Å². The predicted molar refractivity (Wildman–Crippen MR) is 82.5 cm³/mol. The molecule has 0 bridgehead atoms. The molecule has 3 nitrogen and oxygen atoms in total. The molecule has 1 fully saturated rings. The van der Waals surface area contributed by atoms with Crippen LogP contribution in [0.25, 0.3) is 0 Å². The number of hydrogen-bond acceptors (Lipinski definition) is 3. The van der Waals surface area contributed by atoms with Crippen LogP contribution in [0.2, 0.25) is 0 Å². The molecule has 1 atom stereocenters. The largest absolute Gasteiger partial charge is 0.379 e. The van der Waals surface area contributed by atoms with Crippen molar-refractivity contribution in [1.29, 1.82) is 0 Å². The normalized spacial score (nSPS) is 19.0. The highest BCUT2D eigenvalue weighted by Gasteiger charge is 2.09. The Labute approximate surface area is 118 Å². The molecule has 0 aromatic rings. The summed E-state index contributed by atoms with van der Waals surface area (Å²) < 4.78 is 11.0. The molecule has 19 heavy (non-hydrogen) atoms. The molecule has 1 heterocycles. The number of hydrogen-bond donors (Lipinski definition) is 0. The average Bonchev–Trinajstić information content (AvgIpc) is 2.48. The highest BCUT2D eigenvalue weighted by molar-refractivity contribution is 5.15. The molecule has 1 aliphatic rings. The first-order valence-corrected chi connectivity index (χ1v) is 6.95. The van der Waals surface area contributed by atoms with Crippen molar-refractivity contribution in [2.24, 2.45) is 0 Å². The molecule has 0 amide bonds. The van der Waals surface area contributed by atoms with Gasteiger partial charge in [-0.05, 0) is 20.8 Å². The molecule has 0 aliphatic carbocycles. The molecule has 0 spiro atoms. The van der Waals surface area contributed by atoms with Gasteiger partial charge in [0, 0.05) is 19.6 Å². The van der Waals surface area contributed by atoms with Gasteiger partial charge in [-0.15, -0.1) is 13.2 Å². The molecular weight excluding hydrogens is 238 g/mol. The van der Waals surface area contributed by atoms with E-state index in [9.17, 15) is 0 Å². The lowest BCUT2D eigenvalue weighted by molar-refractivity contribution is 0.0140.